The van der Waals surface area contributed by atoms with E-state index in [4.69, 9.17) is 9.26 Å². The molecule has 166 valence electrons. The summed E-state index contributed by atoms with van der Waals surface area (Å²) in [6.45, 7) is 1.97. The van der Waals surface area contributed by atoms with Gasteiger partial charge >= 0.3 is 0 Å². The maximum Gasteiger partial charge on any atom is 0.267 e. The quantitative estimate of drug-likeness (QED) is 0.352. The lowest BCUT2D eigenvalue weighted by Crippen LogP contribution is -2.22. The SMILES string of the molecule is COc1ccc(C)cc1-n1c(=O)c2ccccc2n2c(SCc3noc(C4CC4)n3)nnc12. The van der Waals surface area contributed by atoms with E-state index >= 15 is 0 Å². The number of aryl methyl sites for hydroxylation is 1. The van der Waals surface area contributed by atoms with Gasteiger partial charge in [0.15, 0.2) is 11.0 Å². The van der Waals surface area contributed by atoms with E-state index in [1.807, 2.05) is 53.8 Å². The van der Waals surface area contributed by atoms with Crippen molar-refractivity contribution in [2.75, 3.05) is 7.11 Å². The third-order valence-corrected chi connectivity index (χ3v) is 6.64. The molecule has 3 aromatic heterocycles. The molecule has 0 aliphatic heterocycles. The fourth-order valence-corrected chi connectivity index (χ4v) is 4.70. The number of aromatic nitrogens is 6. The lowest BCUT2D eigenvalue weighted by molar-refractivity contribution is 0.375. The van der Waals surface area contributed by atoms with Gasteiger partial charge in [0.1, 0.15) is 5.75 Å². The highest BCUT2D eigenvalue weighted by molar-refractivity contribution is 7.98. The van der Waals surface area contributed by atoms with Crippen LogP contribution in [0.4, 0.5) is 0 Å². The zero-order chi connectivity index (χ0) is 22.5. The third kappa shape index (κ3) is 3.37. The Balaban J connectivity index is 1.52. The molecule has 6 rings (SSSR count). The van der Waals surface area contributed by atoms with E-state index in [1.165, 1.54) is 11.8 Å². The second kappa shape index (κ2) is 7.73. The first-order chi connectivity index (χ1) is 16.1. The van der Waals surface area contributed by atoms with Gasteiger partial charge in [-0.2, -0.15) is 4.98 Å². The highest BCUT2D eigenvalue weighted by Crippen LogP contribution is 2.39. The lowest BCUT2D eigenvalue weighted by atomic mass is 10.2. The van der Waals surface area contributed by atoms with Crippen molar-refractivity contribution >= 4 is 28.4 Å². The van der Waals surface area contributed by atoms with Gasteiger partial charge in [0.2, 0.25) is 11.7 Å². The molecule has 1 aliphatic carbocycles. The first-order valence-corrected chi connectivity index (χ1v) is 11.6. The van der Waals surface area contributed by atoms with Gasteiger partial charge in [0.25, 0.3) is 5.56 Å². The Morgan fingerprint density at radius 3 is 2.85 bits per heavy atom. The molecular weight excluding hydrogens is 440 g/mol. The molecule has 10 heteroatoms. The second-order valence-corrected chi connectivity index (χ2v) is 9.01. The van der Waals surface area contributed by atoms with Gasteiger partial charge in [-0.25, -0.2) is 4.57 Å². The third-order valence-electron chi connectivity index (χ3n) is 5.71. The number of nitrogens with zero attached hydrogens (tertiary/aromatic N) is 6. The highest BCUT2D eigenvalue weighted by atomic mass is 32.2. The molecule has 0 unspecified atom stereocenters. The molecule has 1 aliphatic rings. The van der Waals surface area contributed by atoms with E-state index in [2.05, 4.69) is 20.3 Å². The molecule has 9 nitrogen and oxygen atoms in total. The maximum atomic E-state index is 13.6. The summed E-state index contributed by atoms with van der Waals surface area (Å²) in [4.78, 5) is 18.1. The topological polar surface area (TPSA) is 100 Å². The summed E-state index contributed by atoms with van der Waals surface area (Å²) >= 11 is 1.45. The lowest BCUT2D eigenvalue weighted by Gasteiger charge is -2.14. The van der Waals surface area contributed by atoms with Crippen molar-refractivity contribution in [1.82, 2.24) is 29.3 Å². The maximum absolute atomic E-state index is 13.6. The van der Waals surface area contributed by atoms with Crippen molar-refractivity contribution in [3.05, 3.63) is 70.1 Å². The molecule has 0 saturated heterocycles. The molecule has 0 amide bonds. The van der Waals surface area contributed by atoms with Crippen LogP contribution < -0.4 is 10.3 Å². The van der Waals surface area contributed by atoms with Crippen LogP contribution in [0.15, 0.2) is 56.9 Å². The number of fused-ring (bicyclic) bond motifs is 3. The molecule has 5 aromatic rings. The number of methoxy groups -OCH3 is 1. The van der Waals surface area contributed by atoms with Gasteiger partial charge in [-0.3, -0.25) is 9.20 Å². The average molecular weight is 461 g/mol. The number of ether oxygens (including phenoxy) is 1. The molecule has 33 heavy (non-hydrogen) atoms. The van der Waals surface area contributed by atoms with E-state index in [9.17, 15) is 4.79 Å². The minimum Gasteiger partial charge on any atom is -0.495 e. The van der Waals surface area contributed by atoms with Crippen LogP contribution in [-0.2, 0) is 5.75 Å². The van der Waals surface area contributed by atoms with Crippen molar-refractivity contribution in [3.63, 3.8) is 0 Å². The number of rotatable bonds is 6. The number of hydrogen-bond donors (Lipinski definition) is 0. The first kappa shape index (κ1) is 20.0. The smallest absolute Gasteiger partial charge is 0.267 e. The summed E-state index contributed by atoms with van der Waals surface area (Å²) < 4.78 is 14.4. The van der Waals surface area contributed by atoms with Gasteiger partial charge < -0.3 is 9.26 Å². The Hall–Kier alpha value is -3.66. The van der Waals surface area contributed by atoms with Crippen LogP contribution in [0.2, 0.25) is 0 Å². The summed E-state index contributed by atoms with van der Waals surface area (Å²) in [7, 11) is 1.59. The number of thioether (sulfide) groups is 1. The zero-order valence-corrected chi connectivity index (χ0v) is 18.9. The van der Waals surface area contributed by atoms with Gasteiger partial charge in [0, 0.05) is 5.92 Å². The van der Waals surface area contributed by atoms with E-state index in [1.54, 1.807) is 11.7 Å². The van der Waals surface area contributed by atoms with Crippen LogP contribution in [0.1, 0.15) is 36.0 Å². The van der Waals surface area contributed by atoms with E-state index in [-0.39, 0.29) is 5.56 Å². The average Bonchev–Trinajstić information content (AvgIpc) is 3.42. The molecule has 0 spiro atoms. The predicted octanol–water partition coefficient (Wildman–Crippen LogP) is 3.90. The molecule has 1 fully saturated rings. The van der Waals surface area contributed by atoms with E-state index in [0.717, 1.165) is 23.9 Å². The molecule has 0 bridgehead atoms. The van der Waals surface area contributed by atoms with Crippen LogP contribution >= 0.6 is 11.8 Å². The van der Waals surface area contributed by atoms with Crippen LogP contribution in [0.25, 0.3) is 22.4 Å². The van der Waals surface area contributed by atoms with Crippen LogP contribution in [-0.4, -0.2) is 36.4 Å². The van der Waals surface area contributed by atoms with Gasteiger partial charge in [-0.1, -0.05) is 35.1 Å². The Bertz CT molecular complexity index is 1570. The van der Waals surface area contributed by atoms with Crippen molar-refractivity contribution in [2.45, 2.75) is 36.6 Å². The number of hydrogen-bond acceptors (Lipinski definition) is 8. The zero-order valence-electron chi connectivity index (χ0n) is 18.1. The van der Waals surface area contributed by atoms with E-state index in [0.29, 0.717) is 51.1 Å². The number of para-hydroxylation sites is 1. The minimum absolute atomic E-state index is 0.182. The summed E-state index contributed by atoms with van der Waals surface area (Å²) in [6.07, 6.45) is 2.21. The predicted molar refractivity (Wildman–Crippen MR) is 123 cm³/mol. The molecule has 2 aromatic carbocycles. The monoisotopic (exact) mass is 460 g/mol. The van der Waals surface area contributed by atoms with Gasteiger partial charge in [0.05, 0.1) is 29.5 Å². The van der Waals surface area contributed by atoms with Gasteiger partial charge in [-0.05, 0) is 49.6 Å². The molecule has 0 radical (unpaired) electrons. The molecule has 0 atom stereocenters. The minimum atomic E-state index is -0.182. The highest BCUT2D eigenvalue weighted by Gasteiger charge is 2.29. The van der Waals surface area contributed by atoms with Crippen molar-refractivity contribution in [2.24, 2.45) is 0 Å². The molecule has 3 heterocycles. The molecule has 0 N–H and O–H groups in total. The Morgan fingerprint density at radius 1 is 1.18 bits per heavy atom. The Kier molecular flexibility index (Phi) is 4.68. The van der Waals surface area contributed by atoms with Crippen LogP contribution in [0, 0.1) is 6.92 Å². The van der Waals surface area contributed by atoms with Crippen LogP contribution in [0.3, 0.4) is 0 Å². The Labute approximate surface area is 192 Å². The van der Waals surface area contributed by atoms with Crippen molar-refractivity contribution in [1.29, 1.82) is 0 Å². The van der Waals surface area contributed by atoms with E-state index < -0.39 is 0 Å². The molecular formula is C23H20N6O3S. The summed E-state index contributed by atoms with van der Waals surface area (Å²) in [5, 5.41) is 14.1. The normalized spacial score (nSPS) is 13.8. The standard InChI is InChI=1S/C23H20N6O3S/c1-13-7-10-18(31-2)17(11-13)28-21(30)15-5-3-4-6-16(15)29-22(28)25-26-23(29)33-12-19-24-20(32-27-19)14-8-9-14/h3-7,10-11,14H,8-9,12H2,1-2H3. The largest absolute Gasteiger partial charge is 0.495 e. The summed E-state index contributed by atoms with van der Waals surface area (Å²) in [5.41, 5.74) is 2.17. The fraction of sp³-hybridized carbons (Fsp3) is 0.261. The number of benzene rings is 2. The first-order valence-electron chi connectivity index (χ1n) is 10.6. The Morgan fingerprint density at radius 2 is 2.03 bits per heavy atom. The summed E-state index contributed by atoms with van der Waals surface area (Å²) in [6, 6.07) is 13.2. The van der Waals surface area contributed by atoms with Crippen LogP contribution in [0.5, 0.6) is 5.75 Å². The second-order valence-electron chi connectivity index (χ2n) is 8.06. The van der Waals surface area contributed by atoms with Crippen molar-refractivity contribution < 1.29 is 9.26 Å². The summed E-state index contributed by atoms with van der Waals surface area (Å²) in [5.74, 6) is 3.22. The fourth-order valence-electron chi connectivity index (χ4n) is 3.92. The van der Waals surface area contributed by atoms with Gasteiger partial charge in [-0.15, -0.1) is 10.2 Å². The van der Waals surface area contributed by atoms with Crippen molar-refractivity contribution in [3.8, 4) is 11.4 Å². The molecule has 1 saturated carbocycles.